The first-order chi connectivity index (χ1) is 9.73. The van der Waals surface area contributed by atoms with E-state index in [9.17, 15) is 14.7 Å². The highest BCUT2D eigenvalue weighted by atomic mass is 16.6. The molecule has 3 saturated heterocycles. The molecule has 3 aliphatic heterocycles. The number of aliphatic carboxylic acids is 2. The Morgan fingerprint density at radius 1 is 1.05 bits per heavy atom. The lowest BCUT2D eigenvalue weighted by molar-refractivity contribution is -0.165. The van der Waals surface area contributed by atoms with Gasteiger partial charge in [0.15, 0.2) is 12.2 Å². The number of hydrogen-bond donors (Lipinski definition) is 5. The molecule has 3 fully saturated rings. The first kappa shape index (κ1) is 16.1. The van der Waals surface area contributed by atoms with Crippen LogP contribution in [-0.2, 0) is 14.3 Å². The molecular weight excluding hydrogens is 286 g/mol. The van der Waals surface area contributed by atoms with E-state index in [0.717, 1.165) is 12.8 Å². The maximum absolute atomic E-state index is 9.77. The molecule has 3 heterocycles. The zero-order chi connectivity index (χ0) is 15.9. The van der Waals surface area contributed by atoms with Crippen molar-refractivity contribution in [3.8, 4) is 0 Å². The Balaban J connectivity index is 0.000000155. The quantitative estimate of drug-likeness (QED) is 0.355. The number of likely N-dealkylation sites (N-methyl/N-ethyl adjacent to an activating group) is 1. The van der Waals surface area contributed by atoms with Crippen molar-refractivity contribution < 1.29 is 39.9 Å². The lowest BCUT2D eigenvalue weighted by Gasteiger charge is -2.36. The second kappa shape index (κ2) is 5.85. The van der Waals surface area contributed by atoms with Crippen LogP contribution >= 0.6 is 0 Å². The molecule has 6 atom stereocenters. The lowest BCUT2D eigenvalue weighted by atomic mass is 10.00. The molecular formula is C12H19NO8. The number of fused-ring (bicyclic) bond motifs is 5. The minimum atomic E-state index is -2.27. The largest absolute Gasteiger partial charge is 0.479 e. The van der Waals surface area contributed by atoms with Crippen molar-refractivity contribution in [2.45, 2.75) is 55.4 Å². The molecule has 0 radical (unpaired) electrons. The Hall–Kier alpha value is -1.26. The predicted molar refractivity (Wildman–Crippen MR) is 66.5 cm³/mol. The van der Waals surface area contributed by atoms with Gasteiger partial charge in [-0.2, -0.15) is 0 Å². The topological polar surface area (TPSA) is 151 Å². The van der Waals surface area contributed by atoms with Crippen molar-refractivity contribution in [1.29, 1.82) is 0 Å². The zero-order valence-electron chi connectivity index (χ0n) is 11.4. The molecule has 9 nitrogen and oxygen atoms in total. The van der Waals surface area contributed by atoms with Crippen molar-refractivity contribution >= 4 is 11.9 Å². The molecule has 0 aliphatic carbocycles. The van der Waals surface area contributed by atoms with E-state index in [1.165, 1.54) is 0 Å². The molecule has 0 amide bonds. The molecule has 3 aliphatic rings. The third-order valence-corrected chi connectivity index (χ3v) is 4.20. The van der Waals surface area contributed by atoms with Crippen LogP contribution in [0.5, 0.6) is 0 Å². The molecule has 2 bridgehead atoms. The standard InChI is InChI=1S/C8H13NO2.C4H6O6/c1-9-5-2-4(10)3-6(9)8-7(5)11-8;5-1(3(7)8)2(6)4(9)10/h4-8,10H,2-3H2,1H3;1-2,5-6H,(H,7,8)(H,9,10). The summed E-state index contributed by atoms with van der Waals surface area (Å²) < 4.78 is 5.49. The van der Waals surface area contributed by atoms with Gasteiger partial charge in [0, 0.05) is 12.1 Å². The fourth-order valence-electron chi connectivity index (χ4n) is 2.99. The number of epoxide rings is 1. The molecule has 5 N–H and O–H groups in total. The van der Waals surface area contributed by atoms with Crippen LogP contribution in [0.1, 0.15) is 12.8 Å². The predicted octanol–water partition coefficient (Wildman–Crippen LogP) is -2.53. The van der Waals surface area contributed by atoms with E-state index < -0.39 is 24.1 Å². The summed E-state index contributed by atoms with van der Waals surface area (Å²) in [6.45, 7) is 0. The van der Waals surface area contributed by atoms with Gasteiger partial charge in [-0.05, 0) is 19.9 Å². The van der Waals surface area contributed by atoms with E-state index in [1.54, 1.807) is 0 Å². The summed E-state index contributed by atoms with van der Waals surface area (Å²) >= 11 is 0. The van der Waals surface area contributed by atoms with E-state index in [0.29, 0.717) is 24.3 Å². The maximum atomic E-state index is 9.77. The van der Waals surface area contributed by atoms with E-state index in [-0.39, 0.29) is 6.10 Å². The van der Waals surface area contributed by atoms with Crippen LogP contribution in [0, 0.1) is 0 Å². The lowest BCUT2D eigenvalue weighted by Crippen LogP contribution is -2.46. The molecule has 120 valence electrons. The van der Waals surface area contributed by atoms with Crippen LogP contribution < -0.4 is 0 Å². The molecule has 6 unspecified atom stereocenters. The summed E-state index contributed by atoms with van der Waals surface area (Å²) in [5.74, 6) is -3.54. The number of piperidine rings is 1. The van der Waals surface area contributed by atoms with Crippen molar-refractivity contribution in [3.05, 3.63) is 0 Å². The Kier molecular flexibility index (Phi) is 4.49. The molecule has 0 aromatic carbocycles. The van der Waals surface area contributed by atoms with Gasteiger partial charge < -0.3 is 30.3 Å². The van der Waals surface area contributed by atoms with Gasteiger partial charge >= 0.3 is 11.9 Å². The number of carbonyl (C=O) groups is 2. The first-order valence-corrected chi connectivity index (χ1v) is 6.61. The molecule has 0 aromatic heterocycles. The number of morpholine rings is 1. The van der Waals surface area contributed by atoms with Gasteiger partial charge in [-0.15, -0.1) is 0 Å². The first-order valence-electron chi connectivity index (χ1n) is 6.61. The number of nitrogens with zero attached hydrogens (tertiary/aromatic N) is 1. The number of ether oxygens (including phenoxy) is 1. The highest BCUT2D eigenvalue weighted by Gasteiger charge is 2.62. The van der Waals surface area contributed by atoms with E-state index >= 15 is 0 Å². The highest BCUT2D eigenvalue weighted by Crippen LogP contribution is 2.47. The Bertz CT molecular complexity index is 393. The minimum Gasteiger partial charge on any atom is -0.479 e. The summed E-state index contributed by atoms with van der Waals surface area (Å²) in [6, 6.07) is 1.02. The van der Waals surface area contributed by atoms with Gasteiger partial charge in [0.2, 0.25) is 0 Å². The molecule has 21 heavy (non-hydrogen) atoms. The fourth-order valence-corrected chi connectivity index (χ4v) is 2.99. The maximum Gasteiger partial charge on any atom is 0.335 e. The second-order valence-electron chi connectivity index (χ2n) is 5.56. The van der Waals surface area contributed by atoms with Crippen LogP contribution in [-0.4, -0.2) is 92.0 Å². The molecule has 0 aromatic rings. The average molecular weight is 305 g/mol. The summed E-state index contributed by atoms with van der Waals surface area (Å²) in [7, 11) is 2.15. The van der Waals surface area contributed by atoms with Gasteiger partial charge in [-0.25, -0.2) is 9.59 Å². The number of aliphatic hydroxyl groups is 3. The Morgan fingerprint density at radius 3 is 1.76 bits per heavy atom. The molecule has 0 saturated carbocycles. The van der Waals surface area contributed by atoms with Gasteiger partial charge in [-0.3, -0.25) is 4.90 Å². The second-order valence-corrected chi connectivity index (χ2v) is 5.56. The summed E-state index contributed by atoms with van der Waals surface area (Å²) in [4.78, 5) is 21.9. The van der Waals surface area contributed by atoms with Crippen molar-refractivity contribution in [2.75, 3.05) is 7.05 Å². The average Bonchev–Trinajstić information content (AvgIpc) is 3.16. The fraction of sp³-hybridized carbons (Fsp3) is 0.833. The van der Waals surface area contributed by atoms with Gasteiger partial charge in [0.1, 0.15) is 12.2 Å². The van der Waals surface area contributed by atoms with Crippen molar-refractivity contribution in [1.82, 2.24) is 4.90 Å². The van der Waals surface area contributed by atoms with E-state index in [4.69, 9.17) is 25.2 Å². The van der Waals surface area contributed by atoms with Crippen LogP contribution in [0.3, 0.4) is 0 Å². The number of carboxylic acid groups (broad SMARTS) is 2. The smallest absolute Gasteiger partial charge is 0.335 e. The number of rotatable bonds is 3. The molecule has 0 spiro atoms. The van der Waals surface area contributed by atoms with Crippen LogP contribution in [0.25, 0.3) is 0 Å². The van der Waals surface area contributed by atoms with E-state index in [2.05, 4.69) is 11.9 Å². The van der Waals surface area contributed by atoms with Gasteiger partial charge in [-0.1, -0.05) is 0 Å². The minimum absolute atomic E-state index is 0.0717. The molecule has 9 heteroatoms. The third kappa shape index (κ3) is 3.16. The van der Waals surface area contributed by atoms with Gasteiger partial charge in [0.25, 0.3) is 0 Å². The van der Waals surface area contributed by atoms with E-state index in [1.807, 2.05) is 0 Å². The SMILES string of the molecule is CN1C2CC(O)CC1C1OC12.O=C(O)C(O)C(O)C(=O)O. The monoisotopic (exact) mass is 305 g/mol. The Morgan fingerprint density at radius 2 is 1.43 bits per heavy atom. The van der Waals surface area contributed by atoms with Crippen LogP contribution in [0.2, 0.25) is 0 Å². The summed E-state index contributed by atoms with van der Waals surface area (Å²) in [5, 5.41) is 42.0. The third-order valence-electron chi connectivity index (χ3n) is 4.20. The van der Waals surface area contributed by atoms with Gasteiger partial charge in [0.05, 0.1) is 6.10 Å². The highest BCUT2D eigenvalue weighted by molar-refractivity contribution is 5.83. The zero-order valence-corrected chi connectivity index (χ0v) is 11.4. The number of aliphatic hydroxyl groups excluding tert-OH is 3. The van der Waals surface area contributed by atoms with Crippen molar-refractivity contribution in [2.24, 2.45) is 0 Å². The number of hydrogen-bond acceptors (Lipinski definition) is 7. The molecule has 3 rings (SSSR count). The summed E-state index contributed by atoms with van der Waals surface area (Å²) in [6.07, 6.45) is -1.86. The normalized spacial score (nSPS) is 39.5. The van der Waals surface area contributed by atoms with Crippen molar-refractivity contribution in [3.63, 3.8) is 0 Å². The Labute approximate surface area is 120 Å². The summed E-state index contributed by atoms with van der Waals surface area (Å²) in [5.41, 5.74) is 0. The van der Waals surface area contributed by atoms with Crippen LogP contribution in [0.15, 0.2) is 0 Å². The van der Waals surface area contributed by atoms with Crippen LogP contribution in [0.4, 0.5) is 0 Å². The number of carboxylic acids is 2.